The second-order valence-corrected chi connectivity index (χ2v) is 8.45. The van der Waals surface area contributed by atoms with Gasteiger partial charge in [-0.25, -0.2) is 4.79 Å². The average Bonchev–Trinajstić information content (AvgIpc) is 2.65. The number of H-pyrrole nitrogens is 1. The SMILES string of the molecule is CC(C)(C)[C@@H]1Cc2c(cc(OC(F)F)c3ncccc23)-c2[nH]c(=O)c(C(=O)O)cc21. The molecule has 2 aromatic heterocycles. The number of carboxylic acids is 1. The second kappa shape index (κ2) is 6.90. The van der Waals surface area contributed by atoms with Crippen LogP contribution in [0.25, 0.3) is 22.2 Å². The van der Waals surface area contributed by atoms with E-state index in [9.17, 15) is 23.5 Å². The van der Waals surface area contributed by atoms with E-state index in [0.29, 0.717) is 34.1 Å². The van der Waals surface area contributed by atoms with Crippen LogP contribution in [-0.2, 0) is 6.42 Å². The van der Waals surface area contributed by atoms with E-state index in [1.807, 2.05) is 20.8 Å². The van der Waals surface area contributed by atoms with Crippen LogP contribution in [0.2, 0.25) is 0 Å². The van der Waals surface area contributed by atoms with Crippen LogP contribution in [0.5, 0.6) is 5.75 Å². The van der Waals surface area contributed by atoms with Crippen molar-refractivity contribution in [2.75, 3.05) is 0 Å². The largest absolute Gasteiger partial charge is 0.477 e. The van der Waals surface area contributed by atoms with Gasteiger partial charge in [0.15, 0.2) is 5.75 Å². The van der Waals surface area contributed by atoms with Gasteiger partial charge in [0.05, 0.1) is 5.69 Å². The Bertz CT molecular complexity index is 1230. The molecule has 1 aromatic carbocycles. The summed E-state index contributed by atoms with van der Waals surface area (Å²) in [4.78, 5) is 30.9. The highest BCUT2D eigenvalue weighted by molar-refractivity contribution is 5.95. The summed E-state index contributed by atoms with van der Waals surface area (Å²) in [6.07, 6.45) is 2.04. The standard InChI is InChI=1S/C22H20F2N2O4/c1-22(2,3)15-8-11-10-5-4-6-25-18(10)16(30-21(23)24)9-12(11)17-13(15)7-14(20(28)29)19(27)26-17/h4-7,9,15,21H,8H2,1-3H3,(H,26,27)(H,28,29)/t15-/m1/s1. The summed E-state index contributed by atoms with van der Waals surface area (Å²) in [7, 11) is 0. The Morgan fingerprint density at radius 3 is 2.70 bits per heavy atom. The molecule has 1 atom stereocenters. The summed E-state index contributed by atoms with van der Waals surface area (Å²) in [5, 5.41) is 10.1. The topological polar surface area (TPSA) is 92.3 Å². The Morgan fingerprint density at radius 1 is 1.33 bits per heavy atom. The molecular formula is C22H20F2N2O4. The number of aromatic carboxylic acids is 1. The summed E-state index contributed by atoms with van der Waals surface area (Å²) in [5.41, 5.74) is 1.45. The normalized spacial score (nSPS) is 15.7. The van der Waals surface area contributed by atoms with E-state index >= 15 is 0 Å². The number of nitrogens with zero attached hydrogens (tertiary/aromatic N) is 1. The van der Waals surface area contributed by atoms with E-state index in [-0.39, 0.29) is 22.6 Å². The molecule has 0 aliphatic heterocycles. The number of hydrogen-bond donors (Lipinski definition) is 2. The molecule has 0 radical (unpaired) electrons. The van der Waals surface area contributed by atoms with E-state index < -0.39 is 18.1 Å². The first-order valence-corrected chi connectivity index (χ1v) is 9.44. The van der Waals surface area contributed by atoms with Crippen LogP contribution < -0.4 is 10.3 Å². The van der Waals surface area contributed by atoms with Crippen LogP contribution in [0.15, 0.2) is 35.3 Å². The quantitative estimate of drug-likeness (QED) is 0.655. The van der Waals surface area contributed by atoms with E-state index in [4.69, 9.17) is 4.74 Å². The van der Waals surface area contributed by atoms with Gasteiger partial charge in [-0.05, 0) is 47.1 Å². The number of pyridine rings is 2. The maximum atomic E-state index is 13.0. The molecule has 0 amide bonds. The monoisotopic (exact) mass is 414 g/mol. The predicted molar refractivity (Wildman–Crippen MR) is 107 cm³/mol. The lowest BCUT2D eigenvalue weighted by molar-refractivity contribution is -0.0489. The molecule has 1 aliphatic rings. The van der Waals surface area contributed by atoms with Crippen LogP contribution in [0.3, 0.4) is 0 Å². The first-order chi connectivity index (χ1) is 14.1. The maximum absolute atomic E-state index is 13.0. The second-order valence-electron chi connectivity index (χ2n) is 8.45. The average molecular weight is 414 g/mol. The molecule has 2 heterocycles. The smallest absolute Gasteiger partial charge is 0.387 e. The zero-order valence-electron chi connectivity index (χ0n) is 16.6. The van der Waals surface area contributed by atoms with Gasteiger partial charge >= 0.3 is 12.6 Å². The third-order valence-electron chi connectivity index (χ3n) is 5.58. The molecule has 2 N–H and O–H groups in total. The summed E-state index contributed by atoms with van der Waals surface area (Å²) in [5.74, 6) is -1.52. The van der Waals surface area contributed by atoms with Crippen LogP contribution in [0.1, 0.15) is 48.2 Å². The Morgan fingerprint density at radius 2 is 2.07 bits per heavy atom. The Kier molecular flexibility index (Phi) is 4.60. The number of ether oxygens (including phenoxy) is 1. The van der Waals surface area contributed by atoms with Crippen LogP contribution in [0.4, 0.5) is 8.78 Å². The molecule has 8 heteroatoms. The molecule has 30 heavy (non-hydrogen) atoms. The number of benzene rings is 1. The number of halogens is 2. The number of carbonyl (C=O) groups is 1. The van der Waals surface area contributed by atoms with Crippen molar-refractivity contribution < 1.29 is 23.4 Å². The highest BCUT2D eigenvalue weighted by Gasteiger charge is 2.36. The summed E-state index contributed by atoms with van der Waals surface area (Å²) >= 11 is 0. The third-order valence-corrected chi connectivity index (χ3v) is 5.58. The van der Waals surface area contributed by atoms with Crippen LogP contribution >= 0.6 is 0 Å². The molecule has 0 spiro atoms. The number of alkyl halides is 2. The zero-order valence-corrected chi connectivity index (χ0v) is 16.6. The Hall–Kier alpha value is -3.29. The van der Waals surface area contributed by atoms with Gasteiger partial charge in [-0.15, -0.1) is 0 Å². The lowest BCUT2D eigenvalue weighted by Crippen LogP contribution is -2.29. The van der Waals surface area contributed by atoms with E-state index in [1.54, 1.807) is 12.1 Å². The number of fused-ring (bicyclic) bond motifs is 5. The molecule has 3 aromatic rings. The highest BCUT2D eigenvalue weighted by Crippen LogP contribution is 2.49. The van der Waals surface area contributed by atoms with E-state index in [2.05, 4.69) is 9.97 Å². The molecule has 0 saturated carbocycles. The third kappa shape index (κ3) is 3.22. The number of aromatic nitrogens is 2. The van der Waals surface area contributed by atoms with E-state index in [0.717, 1.165) is 5.56 Å². The van der Waals surface area contributed by atoms with Crippen molar-refractivity contribution in [2.24, 2.45) is 5.41 Å². The summed E-state index contributed by atoms with van der Waals surface area (Å²) in [6.45, 7) is 3.07. The highest BCUT2D eigenvalue weighted by atomic mass is 19.3. The van der Waals surface area contributed by atoms with Gasteiger partial charge in [-0.1, -0.05) is 26.8 Å². The molecule has 156 valence electrons. The van der Waals surface area contributed by atoms with Gasteiger partial charge in [0.25, 0.3) is 5.56 Å². The predicted octanol–water partition coefficient (Wildman–Crippen LogP) is 4.58. The van der Waals surface area contributed by atoms with Gasteiger partial charge in [0.2, 0.25) is 0 Å². The van der Waals surface area contributed by atoms with Gasteiger partial charge < -0.3 is 14.8 Å². The number of rotatable bonds is 3. The van der Waals surface area contributed by atoms with Gasteiger partial charge in [0, 0.05) is 17.1 Å². The van der Waals surface area contributed by atoms with Crippen molar-refractivity contribution in [2.45, 2.75) is 39.7 Å². The van der Waals surface area contributed by atoms with E-state index in [1.165, 1.54) is 18.3 Å². The lowest BCUT2D eigenvalue weighted by Gasteiger charge is -2.37. The van der Waals surface area contributed by atoms with Crippen LogP contribution in [0, 0.1) is 5.41 Å². The number of nitrogens with one attached hydrogen (secondary N) is 1. The molecule has 0 saturated heterocycles. The number of aromatic amines is 1. The number of carboxylic acid groups (broad SMARTS) is 1. The molecule has 0 unspecified atom stereocenters. The van der Waals surface area contributed by atoms with Crippen molar-refractivity contribution in [3.63, 3.8) is 0 Å². The molecule has 1 aliphatic carbocycles. The summed E-state index contributed by atoms with van der Waals surface area (Å²) in [6, 6.07) is 6.35. The van der Waals surface area contributed by atoms with Crippen molar-refractivity contribution in [1.82, 2.24) is 9.97 Å². The fraction of sp³-hybridized carbons (Fsp3) is 0.318. The fourth-order valence-electron chi connectivity index (χ4n) is 4.20. The van der Waals surface area contributed by atoms with Gasteiger partial charge in [-0.2, -0.15) is 8.78 Å². The maximum Gasteiger partial charge on any atom is 0.387 e. The van der Waals surface area contributed by atoms with Crippen molar-refractivity contribution in [3.8, 4) is 17.0 Å². The Balaban J connectivity index is 2.09. The summed E-state index contributed by atoms with van der Waals surface area (Å²) < 4.78 is 30.8. The van der Waals surface area contributed by atoms with Gasteiger partial charge in [-0.3, -0.25) is 9.78 Å². The molecular weight excluding hydrogens is 394 g/mol. The molecule has 4 rings (SSSR count). The zero-order chi connectivity index (χ0) is 21.8. The van der Waals surface area contributed by atoms with Crippen molar-refractivity contribution >= 4 is 16.9 Å². The van der Waals surface area contributed by atoms with Crippen molar-refractivity contribution in [1.29, 1.82) is 0 Å². The van der Waals surface area contributed by atoms with Gasteiger partial charge in [0.1, 0.15) is 11.1 Å². The molecule has 6 nitrogen and oxygen atoms in total. The Labute approximate surface area is 170 Å². The van der Waals surface area contributed by atoms with Crippen LogP contribution in [-0.4, -0.2) is 27.7 Å². The fourth-order valence-corrected chi connectivity index (χ4v) is 4.20. The first kappa shape index (κ1) is 20.0. The molecule has 0 fully saturated rings. The lowest BCUT2D eigenvalue weighted by atomic mass is 9.68. The number of hydrogen-bond acceptors (Lipinski definition) is 4. The molecule has 0 bridgehead atoms. The minimum atomic E-state index is -3.04. The minimum Gasteiger partial charge on any atom is -0.477 e. The first-order valence-electron chi connectivity index (χ1n) is 9.44. The van der Waals surface area contributed by atoms with Crippen molar-refractivity contribution in [3.05, 3.63) is 57.5 Å². The minimum absolute atomic E-state index is 0.0948.